The van der Waals surface area contributed by atoms with Gasteiger partial charge in [-0.1, -0.05) is 0 Å². The van der Waals surface area contributed by atoms with E-state index in [9.17, 15) is 0 Å². The molecule has 0 aromatic heterocycles. The van der Waals surface area contributed by atoms with Crippen molar-refractivity contribution >= 4 is 54.1 Å². The van der Waals surface area contributed by atoms with Crippen LogP contribution in [0.1, 0.15) is 0 Å². The molecule has 0 fully saturated rings. The molecule has 0 radical (unpaired) electrons. The molecule has 0 atom stereocenters. The van der Waals surface area contributed by atoms with E-state index in [1.54, 1.807) is 0 Å². The van der Waals surface area contributed by atoms with E-state index in [1.807, 2.05) is 0 Å². The topological polar surface area (TPSA) is 69.2 Å². The molecule has 0 aromatic carbocycles. The van der Waals surface area contributed by atoms with Gasteiger partial charge in [0.25, 0.3) is 0 Å². The van der Waals surface area contributed by atoms with Gasteiger partial charge in [-0.05, 0) is 0 Å². The Balaban J connectivity index is -0.0000000450. The minimum Gasteiger partial charge on any atom is -0.854 e. The van der Waals surface area contributed by atoms with Crippen LogP contribution in [0.15, 0.2) is 0 Å². The zero-order chi connectivity index (χ0) is 3.58. The van der Waals surface area contributed by atoms with Crippen molar-refractivity contribution in [3.05, 3.63) is 0 Å². The van der Waals surface area contributed by atoms with Crippen LogP contribution in [0, 0.1) is 0 Å². The molecule has 0 rings (SSSR count). The van der Waals surface area contributed by atoms with Gasteiger partial charge < -0.3 is 23.3 Å². The monoisotopic (exact) mass is 231 g/mol. The summed E-state index contributed by atoms with van der Waals surface area (Å²) in [5, 5.41) is 0. The molecule has 0 N–H and O–H groups in total. The molecule has 0 aliphatic carbocycles. The fraction of sp³-hybridized carbons (Fsp3) is 0. The van der Waals surface area contributed by atoms with Crippen molar-refractivity contribution in [3.8, 4) is 0 Å². The maximum atomic E-state index is 8.48. The third-order valence-corrected chi connectivity index (χ3v) is 0. The molecule has 0 unspecified atom stereocenters. The summed E-state index contributed by atoms with van der Waals surface area (Å²) in [6.45, 7) is 0. The van der Waals surface area contributed by atoms with E-state index in [4.69, 9.17) is 14.7 Å². The predicted molar refractivity (Wildman–Crippen MR) is 12.7 cm³/mol. The zero-order valence-corrected chi connectivity index (χ0v) is 10.4. The molecule has 6 heteroatoms. The summed E-state index contributed by atoms with van der Waals surface area (Å²) in [5.41, 5.74) is 0. The average Bonchev–Trinajstić information content (AvgIpc) is 0.811. The molecule has 0 saturated carbocycles. The first-order chi connectivity index (χ1) is 1.73. The van der Waals surface area contributed by atoms with E-state index in [-0.39, 0.29) is 65.0 Å². The second kappa shape index (κ2) is 10.4. The summed E-state index contributed by atoms with van der Waals surface area (Å²) in [6, 6.07) is 0. The molecule has 0 aliphatic heterocycles. The van der Waals surface area contributed by atoms with Crippen molar-refractivity contribution in [2.75, 3.05) is 0 Å². The van der Waals surface area contributed by atoms with Crippen molar-refractivity contribution in [1.82, 2.24) is 0 Å². The second-order valence-electron chi connectivity index (χ2n) is 0.224. The first-order valence-corrected chi connectivity index (χ1v) is 1.64. The zero-order valence-electron chi connectivity index (χ0n) is 3.09. The number of hydrogen-bond acceptors (Lipinski definition) is 3. The number of rotatable bonds is 0. The molecule has 6 heavy (non-hydrogen) atoms. The van der Waals surface area contributed by atoms with Crippen LogP contribution in [0.3, 0.4) is 0 Å². The van der Waals surface area contributed by atoms with Gasteiger partial charge in [0, 0.05) is 0 Å². The van der Waals surface area contributed by atoms with Crippen molar-refractivity contribution < 1.29 is 34.2 Å². The molecule has 0 bridgehead atoms. The van der Waals surface area contributed by atoms with E-state index >= 15 is 0 Å². The number of hydrogen-bond donors (Lipinski definition) is 0. The molecule has 0 spiro atoms. The molecule has 26 valence electrons. The SMILES string of the molecule is [O-]P([O-])[O-].[Sr+2].[Zn+2]. The van der Waals surface area contributed by atoms with Crippen LogP contribution in [-0.2, 0) is 19.5 Å². The fourth-order valence-corrected chi connectivity index (χ4v) is 0. The first-order valence-electron chi connectivity index (χ1n) is 0.548. The Bertz CT molecular complexity index is 15.5. The second-order valence-corrected chi connectivity index (χ2v) is 0.671. The van der Waals surface area contributed by atoms with Gasteiger partial charge in [0.15, 0.2) is 0 Å². The van der Waals surface area contributed by atoms with E-state index in [0.717, 1.165) is 0 Å². The molecule has 0 saturated heterocycles. The van der Waals surface area contributed by atoms with E-state index in [0.29, 0.717) is 0 Å². The van der Waals surface area contributed by atoms with Gasteiger partial charge in [-0.3, -0.25) is 0 Å². The first kappa shape index (κ1) is 15.8. The summed E-state index contributed by atoms with van der Waals surface area (Å²) < 4.78 is 0. The van der Waals surface area contributed by atoms with Crippen LogP contribution in [0.4, 0.5) is 0 Å². The van der Waals surface area contributed by atoms with Crippen LogP contribution in [0.5, 0.6) is 0 Å². The molecular weight excluding hydrogens is 232 g/mol. The van der Waals surface area contributed by atoms with Gasteiger partial charge in [-0.25, -0.2) is 0 Å². The van der Waals surface area contributed by atoms with Crippen LogP contribution < -0.4 is 14.7 Å². The third-order valence-electron chi connectivity index (χ3n) is 0. The molecule has 0 heterocycles. The van der Waals surface area contributed by atoms with E-state index in [1.165, 1.54) is 0 Å². The molecular formula is O3PSrZn+. The summed E-state index contributed by atoms with van der Waals surface area (Å²) in [7, 11) is -3.37. The molecule has 3 nitrogen and oxygen atoms in total. The van der Waals surface area contributed by atoms with Crippen LogP contribution in [0.2, 0.25) is 0 Å². The summed E-state index contributed by atoms with van der Waals surface area (Å²) in [5.74, 6) is 0. The van der Waals surface area contributed by atoms with Crippen molar-refractivity contribution in [2.24, 2.45) is 0 Å². The minimum atomic E-state index is -3.37. The minimum absolute atomic E-state index is 0. The summed E-state index contributed by atoms with van der Waals surface area (Å²) in [6.07, 6.45) is 0. The average molecular weight is 232 g/mol. The van der Waals surface area contributed by atoms with Gasteiger partial charge in [0.2, 0.25) is 0 Å². The smallest absolute Gasteiger partial charge is 0.854 e. The molecule has 0 aliphatic rings. The largest absolute Gasteiger partial charge is 2.00 e. The maximum absolute atomic E-state index is 8.48. The quantitative estimate of drug-likeness (QED) is 0.328. The van der Waals surface area contributed by atoms with Crippen LogP contribution in [0.25, 0.3) is 0 Å². The Morgan fingerprint density at radius 3 is 1.00 bits per heavy atom. The Hall–Kier alpha value is 2.41. The molecule has 0 aromatic rings. The Morgan fingerprint density at radius 1 is 1.00 bits per heavy atom. The van der Waals surface area contributed by atoms with Gasteiger partial charge in [-0.2, -0.15) is 0 Å². The summed E-state index contributed by atoms with van der Waals surface area (Å²) >= 11 is 0. The van der Waals surface area contributed by atoms with Crippen molar-refractivity contribution in [1.29, 1.82) is 0 Å². The van der Waals surface area contributed by atoms with Gasteiger partial charge in [0.05, 0.1) is 0 Å². The van der Waals surface area contributed by atoms with Crippen molar-refractivity contribution in [3.63, 3.8) is 0 Å². The summed E-state index contributed by atoms with van der Waals surface area (Å²) in [4.78, 5) is 25.4. The van der Waals surface area contributed by atoms with Gasteiger partial charge in [-0.15, -0.1) is 0 Å². The third kappa shape index (κ3) is 32.3. The van der Waals surface area contributed by atoms with Crippen LogP contribution >= 0.6 is 8.60 Å². The maximum Gasteiger partial charge on any atom is 2.00 e. The normalized spacial score (nSPS) is 6.00. The Morgan fingerprint density at radius 2 is 1.00 bits per heavy atom. The molecule has 0 amide bonds. The standard InChI is InChI=1S/O3P.Sr.Zn/c1-4(2)3;;/q-3;2*+2. The van der Waals surface area contributed by atoms with Gasteiger partial charge in [0.1, 0.15) is 0 Å². The van der Waals surface area contributed by atoms with Crippen molar-refractivity contribution in [2.45, 2.75) is 0 Å². The Kier molecular flexibility index (Phi) is 27.4. The fourth-order valence-electron chi connectivity index (χ4n) is 0. The predicted octanol–water partition coefficient (Wildman–Crippen LogP) is -3.09. The van der Waals surface area contributed by atoms with E-state index in [2.05, 4.69) is 0 Å². The Labute approximate surface area is 86.8 Å². The van der Waals surface area contributed by atoms with E-state index < -0.39 is 8.60 Å². The van der Waals surface area contributed by atoms with Crippen LogP contribution in [-0.4, -0.2) is 45.5 Å². The van der Waals surface area contributed by atoms with Gasteiger partial charge >= 0.3 is 65.0 Å².